The van der Waals surface area contributed by atoms with Gasteiger partial charge in [-0.1, -0.05) is 30.3 Å². The van der Waals surface area contributed by atoms with Crippen LogP contribution in [0.5, 0.6) is 0 Å². The second-order valence-corrected chi connectivity index (χ2v) is 4.22. The number of hydrazine groups is 1. The number of rotatable bonds is 3. The van der Waals surface area contributed by atoms with Gasteiger partial charge in [-0.2, -0.15) is 0 Å². The van der Waals surface area contributed by atoms with Crippen LogP contribution in [0.2, 0.25) is 0 Å². The van der Waals surface area contributed by atoms with Crippen LogP contribution in [0.15, 0.2) is 36.4 Å². The Hall–Kier alpha value is -1.85. The number of halogens is 3. The molecule has 2 rings (SSSR count). The molecule has 0 spiro atoms. The molecular formula is C14H13F3N2. The summed E-state index contributed by atoms with van der Waals surface area (Å²) < 4.78 is 41.2. The lowest BCUT2D eigenvalue weighted by molar-refractivity contribution is 0.473. The summed E-state index contributed by atoms with van der Waals surface area (Å²) in [5.41, 5.74) is 2.63. The molecule has 0 bridgehead atoms. The number of benzene rings is 2. The smallest absolute Gasteiger partial charge is 0.164 e. The lowest BCUT2D eigenvalue weighted by Crippen LogP contribution is -2.30. The van der Waals surface area contributed by atoms with Crippen molar-refractivity contribution < 1.29 is 13.2 Å². The minimum atomic E-state index is -1.02. The van der Waals surface area contributed by atoms with E-state index in [0.29, 0.717) is 0 Å². The van der Waals surface area contributed by atoms with E-state index in [-0.39, 0.29) is 16.7 Å². The van der Waals surface area contributed by atoms with Crippen molar-refractivity contribution in [2.45, 2.75) is 13.0 Å². The third-order valence-electron chi connectivity index (χ3n) is 3.00. The van der Waals surface area contributed by atoms with Crippen molar-refractivity contribution in [3.63, 3.8) is 0 Å². The van der Waals surface area contributed by atoms with Crippen LogP contribution >= 0.6 is 0 Å². The highest BCUT2D eigenvalue weighted by Gasteiger charge is 2.22. The molecule has 0 aliphatic heterocycles. The van der Waals surface area contributed by atoms with Crippen molar-refractivity contribution in [3.05, 3.63) is 70.5 Å². The van der Waals surface area contributed by atoms with Crippen LogP contribution in [-0.2, 0) is 0 Å². The van der Waals surface area contributed by atoms with Crippen molar-refractivity contribution in [2.75, 3.05) is 0 Å². The minimum absolute atomic E-state index is 0.0318. The summed E-state index contributed by atoms with van der Waals surface area (Å²) in [5, 5.41) is 0. The van der Waals surface area contributed by atoms with Crippen LogP contribution in [0, 0.1) is 24.4 Å². The highest BCUT2D eigenvalue weighted by molar-refractivity contribution is 5.35. The quantitative estimate of drug-likeness (QED) is 0.662. The van der Waals surface area contributed by atoms with E-state index in [9.17, 15) is 13.2 Å². The normalized spacial score (nSPS) is 12.5. The predicted molar refractivity (Wildman–Crippen MR) is 66.7 cm³/mol. The van der Waals surface area contributed by atoms with Gasteiger partial charge >= 0.3 is 0 Å². The average molecular weight is 266 g/mol. The molecule has 0 fully saturated rings. The Kier molecular flexibility index (Phi) is 3.87. The molecule has 2 aromatic carbocycles. The molecule has 0 aliphatic rings. The van der Waals surface area contributed by atoms with Crippen LogP contribution in [0.25, 0.3) is 0 Å². The summed E-state index contributed by atoms with van der Waals surface area (Å²) in [4.78, 5) is 0. The van der Waals surface area contributed by atoms with E-state index in [0.717, 1.165) is 0 Å². The van der Waals surface area contributed by atoms with Gasteiger partial charge in [0.2, 0.25) is 0 Å². The largest absolute Gasteiger partial charge is 0.271 e. The lowest BCUT2D eigenvalue weighted by atomic mass is 9.97. The van der Waals surface area contributed by atoms with Gasteiger partial charge in [-0.05, 0) is 18.6 Å². The van der Waals surface area contributed by atoms with Crippen LogP contribution in [-0.4, -0.2) is 0 Å². The maximum atomic E-state index is 13.9. The molecule has 1 unspecified atom stereocenters. The van der Waals surface area contributed by atoms with E-state index in [4.69, 9.17) is 5.84 Å². The van der Waals surface area contributed by atoms with Gasteiger partial charge in [-0.15, -0.1) is 0 Å². The Bertz CT molecular complexity index is 599. The highest BCUT2D eigenvalue weighted by atomic mass is 19.2. The lowest BCUT2D eigenvalue weighted by Gasteiger charge is -2.18. The van der Waals surface area contributed by atoms with Gasteiger partial charge in [0, 0.05) is 11.1 Å². The maximum absolute atomic E-state index is 13.9. The molecular weight excluding hydrogens is 253 g/mol. The van der Waals surface area contributed by atoms with Crippen LogP contribution in [0.3, 0.4) is 0 Å². The zero-order valence-corrected chi connectivity index (χ0v) is 10.3. The first-order valence-electron chi connectivity index (χ1n) is 5.71. The van der Waals surface area contributed by atoms with Crippen molar-refractivity contribution in [2.24, 2.45) is 5.84 Å². The Morgan fingerprint density at radius 3 is 2.26 bits per heavy atom. The molecule has 0 amide bonds. The van der Waals surface area contributed by atoms with Gasteiger partial charge in [0.05, 0.1) is 6.04 Å². The summed E-state index contributed by atoms with van der Waals surface area (Å²) >= 11 is 0. The van der Waals surface area contributed by atoms with Crippen LogP contribution in [0.4, 0.5) is 13.2 Å². The summed E-state index contributed by atoms with van der Waals surface area (Å²) in [6, 6.07) is 7.70. The second kappa shape index (κ2) is 5.42. The van der Waals surface area contributed by atoms with Crippen molar-refractivity contribution in [1.29, 1.82) is 0 Å². The molecule has 0 aliphatic carbocycles. The van der Waals surface area contributed by atoms with Crippen LogP contribution in [0.1, 0.15) is 22.7 Å². The number of hydrogen-bond acceptors (Lipinski definition) is 2. The zero-order chi connectivity index (χ0) is 14.0. The fraction of sp³-hybridized carbons (Fsp3) is 0.143. The Morgan fingerprint density at radius 2 is 1.63 bits per heavy atom. The Labute approximate surface area is 109 Å². The summed E-state index contributed by atoms with van der Waals surface area (Å²) in [6.45, 7) is 1.45. The van der Waals surface area contributed by atoms with Gasteiger partial charge in [-0.25, -0.2) is 18.6 Å². The Balaban J connectivity index is 2.55. The first-order chi connectivity index (χ1) is 9.06. The van der Waals surface area contributed by atoms with Gasteiger partial charge in [0.15, 0.2) is 11.6 Å². The molecule has 0 saturated heterocycles. The van der Waals surface area contributed by atoms with E-state index in [1.165, 1.54) is 37.3 Å². The summed E-state index contributed by atoms with van der Waals surface area (Å²) in [5.74, 6) is 2.85. The van der Waals surface area contributed by atoms with E-state index >= 15 is 0 Å². The fourth-order valence-corrected chi connectivity index (χ4v) is 1.94. The zero-order valence-electron chi connectivity index (χ0n) is 10.3. The summed E-state index contributed by atoms with van der Waals surface area (Å²) in [7, 11) is 0. The number of nitrogens with one attached hydrogen (secondary N) is 1. The highest BCUT2D eigenvalue weighted by Crippen LogP contribution is 2.27. The first-order valence-corrected chi connectivity index (χ1v) is 5.71. The minimum Gasteiger partial charge on any atom is -0.271 e. The van der Waals surface area contributed by atoms with Gasteiger partial charge in [0.1, 0.15) is 5.82 Å². The molecule has 1 atom stereocenters. The van der Waals surface area contributed by atoms with Gasteiger partial charge in [0.25, 0.3) is 0 Å². The summed E-state index contributed by atoms with van der Waals surface area (Å²) in [6.07, 6.45) is 0. The molecule has 2 nitrogen and oxygen atoms in total. The maximum Gasteiger partial charge on any atom is 0.164 e. The van der Waals surface area contributed by atoms with E-state index in [1.54, 1.807) is 6.07 Å². The van der Waals surface area contributed by atoms with E-state index in [2.05, 4.69) is 5.43 Å². The molecule has 5 heteroatoms. The SMILES string of the molecule is Cc1ccc(C(NN)c2ccccc2F)c(F)c1F. The number of nitrogens with two attached hydrogens (primary N) is 1. The second-order valence-electron chi connectivity index (χ2n) is 4.22. The van der Waals surface area contributed by atoms with Crippen molar-refractivity contribution in [3.8, 4) is 0 Å². The fourth-order valence-electron chi connectivity index (χ4n) is 1.94. The third-order valence-corrected chi connectivity index (χ3v) is 3.00. The monoisotopic (exact) mass is 266 g/mol. The molecule has 19 heavy (non-hydrogen) atoms. The predicted octanol–water partition coefficient (Wildman–Crippen LogP) is 2.97. The van der Waals surface area contributed by atoms with Crippen LogP contribution < -0.4 is 11.3 Å². The molecule has 3 N–H and O–H groups in total. The number of hydrogen-bond donors (Lipinski definition) is 2. The van der Waals surface area contributed by atoms with Gasteiger partial charge in [-0.3, -0.25) is 5.84 Å². The first kappa shape index (κ1) is 13.6. The molecule has 0 aromatic heterocycles. The van der Waals surface area contributed by atoms with Crippen molar-refractivity contribution >= 4 is 0 Å². The average Bonchev–Trinajstić information content (AvgIpc) is 2.41. The standard InChI is InChI=1S/C14H13F3N2/c1-8-6-7-10(13(17)12(8)16)14(19-18)9-4-2-3-5-11(9)15/h2-7,14,19H,18H2,1H3. The molecule has 100 valence electrons. The topological polar surface area (TPSA) is 38.0 Å². The van der Waals surface area contributed by atoms with E-state index in [1.807, 2.05) is 0 Å². The number of aryl methyl sites for hydroxylation is 1. The molecule has 0 saturated carbocycles. The molecule has 0 radical (unpaired) electrons. The Morgan fingerprint density at radius 1 is 0.947 bits per heavy atom. The van der Waals surface area contributed by atoms with E-state index < -0.39 is 23.5 Å². The van der Waals surface area contributed by atoms with Gasteiger partial charge < -0.3 is 0 Å². The van der Waals surface area contributed by atoms with Crippen molar-refractivity contribution in [1.82, 2.24) is 5.43 Å². The molecule has 0 heterocycles. The molecule has 2 aromatic rings. The third kappa shape index (κ3) is 2.47.